The molecular weight excluding hydrogens is 258 g/mol. The summed E-state index contributed by atoms with van der Waals surface area (Å²) in [7, 11) is 0. The van der Waals surface area contributed by atoms with E-state index in [2.05, 4.69) is 11.8 Å². The summed E-state index contributed by atoms with van der Waals surface area (Å²) in [6.07, 6.45) is 0. The fourth-order valence-corrected chi connectivity index (χ4v) is 3.52. The van der Waals surface area contributed by atoms with Gasteiger partial charge in [0, 0.05) is 24.0 Å². The van der Waals surface area contributed by atoms with Crippen LogP contribution in [0.3, 0.4) is 0 Å². The highest BCUT2D eigenvalue weighted by Crippen LogP contribution is 2.35. The van der Waals surface area contributed by atoms with E-state index < -0.39 is 5.97 Å². The van der Waals surface area contributed by atoms with Gasteiger partial charge in [0.25, 0.3) is 0 Å². The second kappa shape index (κ2) is 4.96. The van der Waals surface area contributed by atoms with Gasteiger partial charge in [-0.1, -0.05) is 18.5 Å². The van der Waals surface area contributed by atoms with Crippen molar-refractivity contribution < 1.29 is 9.90 Å². The number of halogens is 1. The van der Waals surface area contributed by atoms with Crippen LogP contribution in [0.2, 0.25) is 4.34 Å². The summed E-state index contributed by atoms with van der Waals surface area (Å²) in [5, 5.41) is 9.11. The van der Waals surface area contributed by atoms with Crippen LogP contribution in [0.4, 0.5) is 0 Å². The van der Waals surface area contributed by atoms with E-state index in [-0.39, 0.29) is 17.9 Å². The molecule has 1 unspecified atom stereocenters. The van der Waals surface area contributed by atoms with E-state index >= 15 is 0 Å². The van der Waals surface area contributed by atoms with Crippen molar-refractivity contribution >= 4 is 28.9 Å². The van der Waals surface area contributed by atoms with Crippen molar-refractivity contribution in [3.05, 3.63) is 21.3 Å². The van der Waals surface area contributed by atoms with Gasteiger partial charge in [-0.05, 0) is 25.0 Å². The van der Waals surface area contributed by atoms with Gasteiger partial charge in [-0.2, -0.15) is 0 Å². The Kier molecular flexibility index (Phi) is 3.76. The Morgan fingerprint density at radius 1 is 1.59 bits per heavy atom. The number of thiophene rings is 1. The number of hydrogen-bond acceptors (Lipinski definition) is 3. The van der Waals surface area contributed by atoms with Gasteiger partial charge in [0.1, 0.15) is 0 Å². The molecule has 2 heterocycles. The topological polar surface area (TPSA) is 40.5 Å². The van der Waals surface area contributed by atoms with Gasteiger partial charge in [0.15, 0.2) is 0 Å². The maximum Gasteiger partial charge on any atom is 0.308 e. The van der Waals surface area contributed by atoms with E-state index in [0.717, 1.165) is 10.9 Å². The van der Waals surface area contributed by atoms with Crippen molar-refractivity contribution in [2.75, 3.05) is 13.1 Å². The summed E-state index contributed by atoms with van der Waals surface area (Å²) in [5.41, 5.74) is 0. The molecule has 0 aliphatic carbocycles. The standard InChI is InChI=1S/C12H16ClNO2S/c1-7-5-14(6-9(7)12(15)16)8(2)10-3-4-11(13)17-10/h3-4,7-9H,5-6H2,1-2H3,(H,15,16)/t7-,8?,9-/m1/s1. The first-order valence-electron chi connectivity index (χ1n) is 5.71. The molecule has 3 atom stereocenters. The van der Waals surface area contributed by atoms with Crippen LogP contribution in [0.15, 0.2) is 12.1 Å². The van der Waals surface area contributed by atoms with Gasteiger partial charge < -0.3 is 5.11 Å². The van der Waals surface area contributed by atoms with Crippen LogP contribution >= 0.6 is 22.9 Å². The molecular formula is C12H16ClNO2S. The maximum atomic E-state index is 11.1. The first-order valence-corrected chi connectivity index (χ1v) is 6.90. The van der Waals surface area contributed by atoms with Gasteiger partial charge in [-0.25, -0.2) is 0 Å². The first-order chi connectivity index (χ1) is 7.99. The number of rotatable bonds is 3. The molecule has 1 saturated heterocycles. The molecule has 0 saturated carbocycles. The van der Waals surface area contributed by atoms with E-state index in [1.807, 2.05) is 19.1 Å². The number of carboxylic acids is 1. The molecule has 94 valence electrons. The van der Waals surface area contributed by atoms with Crippen molar-refractivity contribution in [2.45, 2.75) is 19.9 Å². The minimum absolute atomic E-state index is 0.213. The molecule has 17 heavy (non-hydrogen) atoms. The summed E-state index contributed by atoms with van der Waals surface area (Å²) >= 11 is 7.49. The lowest BCUT2D eigenvalue weighted by molar-refractivity contribution is -0.142. The van der Waals surface area contributed by atoms with Crippen molar-refractivity contribution in [1.82, 2.24) is 4.90 Å². The summed E-state index contributed by atoms with van der Waals surface area (Å²) < 4.78 is 0.786. The number of aliphatic carboxylic acids is 1. The molecule has 0 aromatic carbocycles. The summed E-state index contributed by atoms with van der Waals surface area (Å²) in [6, 6.07) is 4.17. The Balaban J connectivity index is 2.07. The smallest absolute Gasteiger partial charge is 0.308 e. The summed E-state index contributed by atoms with van der Waals surface area (Å²) in [4.78, 5) is 14.5. The van der Waals surface area contributed by atoms with Crippen molar-refractivity contribution in [2.24, 2.45) is 11.8 Å². The molecule has 0 radical (unpaired) electrons. The van der Waals surface area contributed by atoms with Crippen LogP contribution in [-0.2, 0) is 4.79 Å². The average Bonchev–Trinajstić information content (AvgIpc) is 2.83. The van der Waals surface area contributed by atoms with Crippen molar-refractivity contribution in [3.63, 3.8) is 0 Å². The van der Waals surface area contributed by atoms with E-state index in [0.29, 0.717) is 6.54 Å². The van der Waals surface area contributed by atoms with Gasteiger partial charge >= 0.3 is 5.97 Å². The van der Waals surface area contributed by atoms with Crippen molar-refractivity contribution in [3.8, 4) is 0 Å². The molecule has 1 aliphatic heterocycles. The second-order valence-corrected chi connectivity index (χ2v) is 6.44. The van der Waals surface area contributed by atoms with Crippen LogP contribution in [0.1, 0.15) is 24.8 Å². The number of nitrogens with zero attached hydrogens (tertiary/aromatic N) is 1. The first kappa shape index (κ1) is 12.9. The fraction of sp³-hybridized carbons (Fsp3) is 0.583. The Bertz CT molecular complexity index is 420. The van der Waals surface area contributed by atoms with Crippen LogP contribution in [0.25, 0.3) is 0 Å². The van der Waals surface area contributed by atoms with Crippen LogP contribution in [0.5, 0.6) is 0 Å². The SMILES string of the molecule is CC(c1ccc(Cl)s1)N1C[C@@H](C)[C@H](C(=O)O)C1. The van der Waals surface area contributed by atoms with Gasteiger partial charge in [-0.3, -0.25) is 9.69 Å². The second-order valence-electron chi connectivity index (χ2n) is 4.69. The number of carboxylic acid groups (broad SMARTS) is 1. The number of hydrogen-bond donors (Lipinski definition) is 1. The number of likely N-dealkylation sites (tertiary alicyclic amines) is 1. The third kappa shape index (κ3) is 2.64. The zero-order valence-electron chi connectivity index (χ0n) is 9.89. The number of carbonyl (C=O) groups is 1. The molecule has 1 aromatic heterocycles. The quantitative estimate of drug-likeness (QED) is 0.920. The fourth-order valence-electron chi connectivity index (χ4n) is 2.37. The molecule has 1 N–H and O–H groups in total. The highest BCUT2D eigenvalue weighted by Gasteiger charge is 2.37. The van der Waals surface area contributed by atoms with Crippen molar-refractivity contribution in [1.29, 1.82) is 0 Å². The highest BCUT2D eigenvalue weighted by atomic mass is 35.5. The van der Waals surface area contributed by atoms with Gasteiger partial charge in [0.05, 0.1) is 10.3 Å². The minimum Gasteiger partial charge on any atom is -0.481 e. The Labute approximate surface area is 110 Å². The van der Waals surface area contributed by atoms with E-state index in [4.69, 9.17) is 16.7 Å². The monoisotopic (exact) mass is 273 g/mol. The summed E-state index contributed by atoms with van der Waals surface area (Å²) in [6.45, 7) is 5.59. The zero-order valence-corrected chi connectivity index (χ0v) is 11.5. The third-order valence-corrected chi connectivity index (χ3v) is 4.91. The van der Waals surface area contributed by atoms with E-state index in [9.17, 15) is 4.79 Å². The molecule has 5 heteroatoms. The predicted octanol–water partition coefficient (Wildman–Crippen LogP) is 3.12. The molecule has 1 aliphatic rings. The molecule has 2 rings (SSSR count). The Morgan fingerprint density at radius 3 is 2.76 bits per heavy atom. The van der Waals surface area contributed by atoms with Crippen LogP contribution in [-0.4, -0.2) is 29.1 Å². The average molecular weight is 274 g/mol. The molecule has 0 bridgehead atoms. The van der Waals surface area contributed by atoms with E-state index in [1.165, 1.54) is 4.88 Å². The summed E-state index contributed by atoms with van der Waals surface area (Å²) in [5.74, 6) is -0.713. The highest BCUT2D eigenvalue weighted by molar-refractivity contribution is 7.16. The third-order valence-electron chi connectivity index (χ3n) is 3.51. The van der Waals surface area contributed by atoms with Crippen LogP contribution < -0.4 is 0 Å². The lowest BCUT2D eigenvalue weighted by Crippen LogP contribution is -2.25. The molecule has 1 fully saturated rings. The van der Waals surface area contributed by atoms with Crippen LogP contribution in [0, 0.1) is 11.8 Å². The maximum absolute atomic E-state index is 11.1. The van der Waals surface area contributed by atoms with E-state index in [1.54, 1.807) is 11.3 Å². The normalized spacial score (nSPS) is 27.2. The molecule has 0 amide bonds. The Hall–Kier alpha value is -0.580. The Morgan fingerprint density at radius 2 is 2.29 bits per heavy atom. The molecule has 3 nitrogen and oxygen atoms in total. The zero-order chi connectivity index (χ0) is 12.6. The largest absolute Gasteiger partial charge is 0.481 e. The lowest BCUT2D eigenvalue weighted by Gasteiger charge is -2.22. The molecule has 1 aromatic rings. The molecule has 0 spiro atoms. The lowest BCUT2D eigenvalue weighted by atomic mass is 9.99. The van der Waals surface area contributed by atoms with Gasteiger partial charge in [-0.15, -0.1) is 11.3 Å². The minimum atomic E-state index is -0.684. The van der Waals surface area contributed by atoms with Gasteiger partial charge in [0.2, 0.25) is 0 Å². The predicted molar refractivity (Wildman–Crippen MR) is 69.6 cm³/mol.